The van der Waals surface area contributed by atoms with Crippen LogP contribution in [0.25, 0.3) is 10.9 Å². The molecule has 2 saturated heterocycles. The number of nitrogens with one attached hydrogen (secondary N) is 1. The van der Waals surface area contributed by atoms with E-state index >= 15 is 0 Å². The van der Waals surface area contributed by atoms with Gasteiger partial charge in [-0.25, -0.2) is 8.93 Å². The number of aryl methyl sites for hydroxylation is 1. The van der Waals surface area contributed by atoms with E-state index in [9.17, 15) is 9.00 Å². The highest BCUT2D eigenvalue weighted by molar-refractivity contribution is 7.99. The van der Waals surface area contributed by atoms with E-state index in [2.05, 4.69) is 19.7 Å². The summed E-state index contributed by atoms with van der Waals surface area (Å²) in [6.07, 6.45) is 3.46. The van der Waals surface area contributed by atoms with Gasteiger partial charge in [-0.05, 0) is 52.7 Å². The number of aromatic nitrogens is 4. The number of anilines is 2. The van der Waals surface area contributed by atoms with Crippen molar-refractivity contribution < 1.29 is 8.95 Å². The highest BCUT2D eigenvalue weighted by atomic mass is 35.5. The van der Waals surface area contributed by atoms with Crippen molar-refractivity contribution in [2.24, 2.45) is 19.5 Å². The lowest BCUT2D eigenvalue weighted by atomic mass is 9.73. The van der Waals surface area contributed by atoms with Gasteiger partial charge in [-0.3, -0.25) is 14.0 Å². The Bertz CT molecular complexity index is 1490. The molecule has 0 aliphatic carbocycles. The van der Waals surface area contributed by atoms with Gasteiger partial charge in [-0.2, -0.15) is 10.1 Å². The van der Waals surface area contributed by atoms with Gasteiger partial charge in [-0.15, -0.1) is 0 Å². The molecule has 39 heavy (non-hydrogen) atoms. The molecule has 5 rings (SSSR count). The quantitative estimate of drug-likeness (QED) is 0.461. The van der Waals surface area contributed by atoms with Crippen molar-refractivity contribution in [1.29, 1.82) is 0 Å². The van der Waals surface area contributed by atoms with Gasteiger partial charge in [0.2, 0.25) is 5.95 Å². The highest BCUT2D eigenvalue weighted by Crippen LogP contribution is 2.44. The molecule has 13 heteroatoms. The smallest absolute Gasteiger partial charge is 0.270 e. The van der Waals surface area contributed by atoms with Crippen molar-refractivity contribution >= 4 is 57.0 Å². The lowest BCUT2D eigenvalue weighted by molar-refractivity contribution is 0.0972. The van der Waals surface area contributed by atoms with Crippen LogP contribution in [0.5, 0.6) is 0 Å². The maximum absolute atomic E-state index is 13.5. The molecule has 3 atom stereocenters. The number of nitrogens with two attached hydrogens (primary N) is 1. The fourth-order valence-electron chi connectivity index (χ4n) is 5.41. The third kappa shape index (κ3) is 5.21. The molecule has 0 bridgehead atoms. The van der Waals surface area contributed by atoms with E-state index in [1.54, 1.807) is 16.3 Å². The van der Waals surface area contributed by atoms with Gasteiger partial charge in [0, 0.05) is 49.1 Å². The molecule has 2 fully saturated rings. The molecular weight excluding hydrogens is 558 g/mol. The molecule has 0 amide bonds. The van der Waals surface area contributed by atoms with E-state index in [0.717, 1.165) is 28.6 Å². The van der Waals surface area contributed by atoms with E-state index in [-0.39, 0.29) is 33.7 Å². The second kappa shape index (κ2) is 10.4. The zero-order valence-corrected chi connectivity index (χ0v) is 25.5. The largest absolute Gasteiger partial charge is 0.382 e. The summed E-state index contributed by atoms with van der Waals surface area (Å²) in [6.45, 7) is 9.94. The molecule has 3 aromatic rings. The molecule has 0 saturated carbocycles. The van der Waals surface area contributed by atoms with Crippen molar-refractivity contribution in [2.75, 3.05) is 30.3 Å². The number of nitrogens with zero attached hydrogens (tertiary/aromatic N) is 5. The Hall–Kier alpha value is -2.12. The molecule has 0 radical (unpaired) electrons. The maximum Gasteiger partial charge on any atom is 0.270 e. The van der Waals surface area contributed by atoms with E-state index in [1.165, 1.54) is 11.8 Å². The minimum absolute atomic E-state index is 0.0118. The van der Waals surface area contributed by atoms with Crippen molar-refractivity contribution in [3.05, 3.63) is 33.7 Å². The first-order chi connectivity index (χ1) is 18.3. The minimum atomic E-state index is -1.19. The number of halogens is 1. The zero-order valence-electron chi connectivity index (χ0n) is 23.2. The minimum Gasteiger partial charge on any atom is -0.382 e. The van der Waals surface area contributed by atoms with Gasteiger partial charge in [-0.1, -0.05) is 23.4 Å². The highest BCUT2D eigenvalue weighted by Gasteiger charge is 2.50. The second-order valence-corrected chi connectivity index (χ2v) is 15.0. The van der Waals surface area contributed by atoms with Crippen molar-refractivity contribution in [3.8, 4) is 0 Å². The molecule has 1 unspecified atom stereocenters. The Labute approximate surface area is 240 Å². The van der Waals surface area contributed by atoms with Gasteiger partial charge in [0.1, 0.15) is 10.7 Å². The van der Waals surface area contributed by atoms with Crippen LogP contribution in [-0.2, 0) is 29.8 Å². The Morgan fingerprint density at radius 1 is 1.26 bits per heavy atom. The van der Waals surface area contributed by atoms with Crippen LogP contribution in [0.1, 0.15) is 40.5 Å². The maximum atomic E-state index is 13.5. The van der Waals surface area contributed by atoms with Crippen LogP contribution in [0.2, 0.25) is 5.02 Å². The predicted octanol–water partition coefficient (Wildman–Crippen LogP) is 3.48. The van der Waals surface area contributed by atoms with Gasteiger partial charge in [0.15, 0.2) is 0 Å². The van der Waals surface area contributed by atoms with Crippen molar-refractivity contribution in [2.45, 2.75) is 67.2 Å². The number of piperidine rings is 1. The first kappa shape index (κ1) is 28.4. The Morgan fingerprint density at radius 2 is 1.95 bits per heavy atom. The fraction of sp³-hybridized carbons (Fsp3) is 0.577. The third-order valence-corrected chi connectivity index (χ3v) is 11.0. The molecular formula is C26H36ClN7O3S2. The average molecular weight is 594 g/mol. The molecule has 212 valence electrons. The molecule has 1 spiro atoms. The fourth-order valence-corrected chi connectivity index (χ4v) is 7.69. The van der Waals surface area contributed by atoms with Crippen molar-refractivity contribution in [1.82, 2.24) is 24.1 Å². The van der Waals surface area contributed by atoms with E-state index in [1.807, 2.05) is 53.1 Å². The summed E-state index contributed by atoms with van der Waals surface area (Å²) in [6, 6.07) is 3.71. The summed E-state index contributed by atoms with van der Waals surface area (Å²) >= 11 is 7.88. The van der Waals surface area contributed by atoms with Crippen LogP contribution in [0.3, 0.4) is 0 Å². The molecule has 4 heterocycles. The van der Waals surface area contributed by atoms with Crippen LogP contribution >= 0.6 is 23.4 Å². The summed E-state index contributed by atoms with van der Waals surface area (Å²) in [5.41, 5.74) is 6.81. The number of rotatable bonds is 5. The van der Waals surface area contributed by atoms with Gasteiger partial charge in [0.05, 0.1) is 45.0 Å². The zero-order chi connectivity index (χ0) is 28.3. The van der Waals surface area contributed by atoms with Gasteiger partial charge < -0.3 is 15.4 Å². The average Bonchev–Trinajstić information content (AvgIpc) is 3.40. The van der Waals surface area contributed by atoms with Gasteiger partial charge >= 0.3 is 0 Å². The van der Waals surface area contributed by atoms with E-state index in [4.69, 9.17) is 22.1 Å². The van der Waals surface area contributed by atoms with Crippen LogP contribution < -0.4 is 20.9 Å². The first-order valence-corrected chi connectivity index (χ1v) is 15.4. The number of hydrogen-bond acceptors (Lipinski definition) is 8. The summed E-state index contributed by atoms with van der Waals surface area (Å²) < 4.78 is 25.2. The number of fused-ring (bicyclic) bond motifs is 1. The number of nitrogen functional groups attached to an aromatic ring is 1. The summed E-state index contributed by atoms with van der Waals surface area (Å²) in [4.78, 5) is 21.3. The lowest BCUT2D eigenvalue weighted by Gasteiger charge is -2.43. The Balaban J connectivity index is 1.36. The standard InChI is InChI=1S/C26H36ClN7O3S2/c1-15-21(31-39(36)25(2,3)4)26(14-37-15)9-11-34(12-10-26)24-29-22(28)20(23(35)33(24)6)38-18-8-7-17-16(19(18)27)13-32(5)30-17/h7-8,13,15,21,31H,9-12,14,28H2,1-6H3/t15-,21+,39?/m0/s1. The van der Waals surface area contributed by atoms with Crippen LogP contribution in [0, 0.1) is 5.41 Å². The monoisotopic (exact) mass is 593 g/mol. The van der Waals surface area contributed by atoms with E-state index in [0.29, 0.717) is 35.6 Å². The van der Waals surface area contributed by atoms with Gasteiger partial charge in [0.25, 0.3) is 5.56 Å². The lowest BCUT2D eigenvalue weighted by Crippen LogP contribution is -2.55. The summed E-state index contributed by atoms with van der Waals surface area (Å²) in [7, 11) is 2.37. The predicted molar refractivity (Wildman–Crippen MR) is 158 cm³/mol. The van der Waals surface area contributed by atoms with Crippen LogP contribution in [-0.4, -0.2) is 60.1 Å². The molecule has 1 aromatic carbocycles. The number of benzene rings is 1. The molecule has 3 N–H and O–H groups in total. The number of hydrogen-bond donors (Lipinski definition) is 2. The molecule has 2 aromatic heterocycles. The third-order valence-electron chi connectivity index (χ3n) is 7.76. The van der Waals surface area contributed by atoms with E-state index < -0.39 is 11.0 Å². The Kier molecular flexibility index (Phi) is 7.55. The molecule has 2 aliphatic rings. The SMILES string of the molecule is C[C@@H]1OCC2(CCN(c3nc(N)c(Sc4ccc5nn(C)cc5c4Cl)c(=O)n3C)CC2)[C@@H]1NS(=O)C(C)(C)C. The molecule has 10 nitrogen and oxygen atoms in total. The Morgan fingerprint density at radius 3 is 2.62 bits per heavy atom. The summed E-state index contributed by atoms with van der Waals surface area (Å²) in [5, 5.41) is 5.73. The topological polar surface area (TPSA) is 120 Å². The molecule has 2 aliphatic heterocycles. The number of ether oxygens (including phenoxy) is 1. The first-order valence-electron chi connectivity index (χ1n) is 13.0. The van der Waals surface area contributed by atoms with Crippen LogP contribution in [0.15, 0.2) is 32.9 Å². The normalized spacial score (nSPS) is 22.2. The second-order valence-electron chi connectivity index (χ2n) is 11.5. The summed E-state index contributed by atoms with van der Waals surface area (Å²) in [5.74, 6) is 0.721. The van der Waals surface area contributed by atoms with Crippen LogP contribution in [0.4, 0.5) is 11.8 Å². The van der Waals surface area contributed by atoms with Crippen molar-refractivity contribution in [3.63, 3.8) is 0 Å².